The fourth-order valence-electron chi connectivity index (χ4n) is 3.85. The van der Waals surface area contributed by atoms with Crippen LogP contribution in [-0.2, 0) is 11.2 Å². The third kappa shape index (κ3) is 3.10. The Morgan fingerprint density at radius 2 is 2.05 bits per heavy atom. The van der Waals surface area contributed by atoms with E-state index in [1.54, 1.807) is 6.07 Å². The van der Waals surface area contributed by atoms with Gasteiger partial charge in [0, 0.05) is 12.5 Å². The number of benzene rings is 1. The molecule has 0 radical (unpaired) electrons. The zero-order valence-corrected chi connectivity index (χ0v) is 12.2. The number of hydrogen-bond acceptors (Lipinski definition) is 2. The lowest BCUT2D eigenvalue weighted by Gasteiger charge is -2.36. The summed E-state index contributed by atoms with van der Waals surface area (Å²) in [6.45, 7) is 2.01. The average molecular weight is 291 g/mol. The molecule has 114 valence electrons. The maximum absolute atomic E-state index is 13.8. The second kappa shape index (κ2) is 6.14. The molecule has 1 aliphatic carbocycles. The Hall–Kier alpha value is -1.42. The van der Waals surface area contributed by atoms with E-state index in [4.69, 9.17) is 5.11 Å². The molecule has 0 aromatic heterocycles. The maximum Gasteiger partial charge on any atom is 0.303 e. The van der Waals surface area contributed by atoms with Crippen molar-refractivity contribution in [3.63, 3.8) is 0 Å². The molecule has 1 N–H and O–H groups in total. The molecule has 0 bridgehead atoms. The van der Waals surface area contributed by atoms with E-state index in [0.717, 1.165) is 50.8 Å². The van der Waals surface area contributed by atoms with Gasteiger partial charge in [0.05, 0.1) is 0 Å². The van der Waals surface area contributed by atoms with Crippen molar-refractivity contribution < 1.29 is 14.3 Å². The number of fused-ring (bicyclic) bond motifs is 1. The largest absolute Gasteiger partial charge is 0.481 e. The van der Waals surface area contributed by atoms with Crippen molar-refractivity contribution in [2.45, 2.75) is 44.6 Å². The molecule has 1 aromatic carbocycles. The summed E-state index contributed by atoms with van der Waals surface area (Å²) in [7, 11) is 0. The number of carbonyl (C=O) groups is 1. The van der Waals surface area contributed by atoms with Crippen molar-refractivity contribution in [2.24, 2.45) is 5.92 Å². The van der Waals surface area contributed by atoms with Gasteiger partial charge in [-0.15, -0.1) is 0 Å². The highest BCUT2D eigenvalue weighted by atomic mass is 19.1. The molecule has 1 aromatic rings. The minimum atomic E-state index is -0.697. The lowest BCUT2D eigenvalue weighted by atomic mass is 9.91. The molecule has 2 aliphatic rings. The van der Waals surface area contributed by atoms with Gasteiger partial charge in [0.1, 0.15) is 5.82 Å². The van der Waals surface area contributed by atoms with Gasteiger partial charge in [-0.05, 0) is 68.3 Å². The minimum Gasteiger partial charge on any atom is -0.481 e. The van der Waals surface area contributed by atoms with Gasteiger partial charge in [0.15, 0.2) is 0 Å². The first-order valence-corrected chi connectivity index (χ1v) is 7.88. The highest BCUT2D eigenvalue weighted by Crippen LogP contribution is 2.39. The molecule has 4 heteroatoms. The van der Waals surface area contributed by atoms with Crippen LogP contribution in [0.4, 0.5) is 4.39 Å². The number of likely N-dealkylation sites (tertiary alicyclic amines) is 1. The summed E-state index contributed by atoms with van der Waals surface area (Å²) in [5.74, 6) is -0.227. The quantitative estimate of drug-likeness (QED) is 0.924. The predicted molar refractivity (Wildman–Crippen MR) is 78.6 cm³/mol. The third-order valence-electron chi connectivity index (χ3n) is 5.04. The van der Waals surface area contributed by atoms with Crippen LogP contribution in [0.1, 0.15) is 49.3 Å². The molecule has 0 saturated carbocycles. The Balaban J connectivity index is 1.59. The first kappa shape index (κ1) is 14.5. The van der Waals surface area contributed by atoms with Crippen LogP contribution in [-0.4, -0.2) is 29.1 Å². The van der Waals surface area contributed by atoms with Crippen molar-refractivity contribution in [2.75, 3.05) is 13.1 Å². The lowest BCUT2D eigenvalue weighted by Crippen LogP contribution is -2.36. The summed E-state index contributed by atoms with van der Waals surface area (Å²) >= 11 is 0. The van der Waals surface area contributed by atoms with E-state index in [1.165, 1.54) is 5.56 Å². The topological polar surface area (TPSA) is 40.5 Å². The molecule has 1 heterocycles. The van der Waals surface area contributed by atoms with Crippen molar-refractivity contribution in [1.82, 2.24) is 4.90 Å². The van der Waals surface area contributed by atoms with Gasteiger partial charge in [-0.2, -0.15) is 0 Å². The molecule has 1 aliphatic heterocycles. The summed E-state index contributed by atoms with van der Waals surface area (Å²) in [6.07, 6.45) is 5.05. The molecular formula is C17H22FNO2. The predicted octanol–water partition coefficient (Wildman–Crippen LogP) is 3.39. The molecular weight excluding hydrogens is 269 g/mol. The second-order valence-electron chi connectivity index (χ2n) is 6.27. The van der Waals surface area contributed by atoms with Gasteiger partial charge < -0.3 is 5.11 Å². The Morgan fingerprint density at radius 1 is 1.29 bits per heavy atom. The molecule has 3 rings (SSSR count). The van der Waals surface area contributed by atoms with Crippen LogP contribution in [0.25, 0.3) is 0 Å². The number of piperidine rings is 1. The molecule has 1 fully saturated rings. The monoisotopic (exact) mass is 291 g/mol. The molecule has 0 amide bonds. The average Bonchev–Trinajstić information content (AvgIpc) is 2.91. The van der Waals surface area contributed by atoms with Gasteiger partial charge in [0.2, 0.25) is 0 Å². The van der Waals surface area contributed by atoms with Crippen LogP contribution < -0.4 is 0 Å². The lowest BCUT2D eigenvalue weighted by molar-refractivity contribution is -0.137. The van der Waals surface area contributed by atoms with Crippen LogP contribution in [0.2, 0.25) is 0 Å². The minimum absolute atomic E-state index is 0.0636. The number of rotatable bonds is 4. The van der Waals surface area contributed by atoms with Crippen molar-refractivity contribution in [3.8, 4) is 0 Å². The van der Waals surface area contributed by atoms with Crippen LogP contribution in [0, 0.1) is 11.7 Å². The second-order valence-corrected chi connectivity index (χ2v) is 6.27. The van der Waals surface area contributed by atoms with Gasteiger partial charge in [-0.3, -0.25) is 9.69 Å². The molecule has 1 atom stereocenters. The van der Waals surface area contributed by atoms with Gasteiger partial charge in [-0.25, -0.2) is 4.39 Å². The number of halogens is 1. The van der Waals surface area contributed by atoms with Crippen LogP contribution >= 0.6 is 0 Å². The molecule has 3 nitrogen and oxygen atoms in total. The summed E-state index contributed by atoms with van der Waals surface area (Å²) in [4.78, 5) is 13.1. The standard InChI is InChI=1S/C17H22FNO2/c18-15-3-1-2-14-13(15)5-6-16(14)19-10-8-12(9-11-19)4-7-17(20)21/h1-3,12,16H,4-11H2,(H,20,21). The first-order chi connectivity index (χ1) is 10.1. The number of aliphatic carboxylic acids is 1. The fourth-order valence-corrected chi connectivity index (χ4v) is 3.85. The van der Waals surface area contributed by atoms with Crippen LogP contribution in [0.15, 0.2) is 18.2 Å². The van der Waals surface area contributed by atoms with Crippen molar-refractivity contribution >= 4 is 5.97 Å². The summed E-state index contributed by atoms with van der Waals surface area (Å²) in [6, 6.07) is 5.79. The summed E-state index contributed by atoms with van der Waals surface area (Å²) in [5, 5.41) is 8.76. The number of carboxylic acid groups (broad SMARTS) is 1. The van der Waals surface area contributed by atoms with Crippen molar-refractivity contribution in [1.29, 1.82) is 0 Å². The number of nitrogens with zero attached hydrogens (tertiary/aromatic N) is 1. The van der Waals surface area contributed by atoms with Crippen LogP contribution in [0.5, 0.6) is 0 Å². The zero-order chi connectivity index (χ0) is 14.8. The van der Waals surface area contributed by atoms with E-state index in [2.05, 4.69) is 11.0 Å². The summed E-state index contributed by atoms with van der Waals surface area (Å²) in [5.41, 5.74) is 2.06. The van der Waals surface area contributed by atoms with E-state index in [1.807, 2.05) is 6.07 Å². The van der Waals surface area contributed by atoms with Gasteiger partial charge >= 0.3 is 5.97 Å². The highest BCUT2D eigenvalue weighted by Gasteiger charge is 2.31. The molecule has 1 unspecified atom stereocenters. The zero-order valence-electron chi connectivity index (χ0n) is 12.2. The highest BCUT2D eigenvalue weighted by molar-refractivity contribution is 5.66. The third-order valence-corrected chi connectivity index (χ3v) is 5.04. The van der Waals surface area contributed by atoms with Crippen LogP contribution in [0.3, 0.4) is 0 Å². The van der Waals surface area contributed by atoms with Gasteiger partial charge in [0.25, 0.3) is 0 Å². The Kier molecular flexibility index (Phi) is 4.24. The maximum atomic E-state index is 13.8. The Labute approximate surface area is 124 Å². The van der Waals surface area contributed by atoms with Crippen molar-refractivity contribution in [3.05, 3.63) is 35.1 Å². The number of carboxylic acids is 1. The van der Waals surface area contributed by atoms with E-state index < -0.39 is 5.97 Å². The molecule has 1 saturated heterocycles. The van der Waals surface area contributed by atoms with Gasteiger partial charge in [-0.1, -0.05) is 12.1 Å². The van der Waals surface area contributed by atoms with E-state index in [0.29, 0.717) is 12.0 Å². The Bertz CT molecular complexity index is 524. The summed E-state index contributed by atoms with van der Waals surface area (Å²) < 4.78 is 13.8. The smallest absolute Gasteiger partial charge is 0.303 e. The van der Waals surface area contributed by atoms with E-state index in [9.17, 15) is 9.18 Å². The molecule has 0 spiro atoms. The molecule has 21 heavy (non-hydrogen) atoms. The fraction of sp³-hybridized carbons (Fsp3) is 0.588. The Morgan fingerprint density at radius 3 is 2.76 bits per heavy atom. The number of hydrogen-bond donors (Lipinski definition) is 1. The van der Waals surface area contributed by atoms with E-state index >= 15 is 0 Å². The first-order valence-electron chi connectivity index (χ1n) is 7.88. The van der Waals surface area contributed by atoms with E-state index in [-0.39, 0.29) is 12.2 Å². The normalized spacial score (nSPS) is 23.2. The SMILES string of the molecule is O=C(O)CCC1CCN(C2CCc3c(F)cccc32)CC1.